The molecule has 0 fully saturated rings. The molecule has 112 valence electrons. The third-order valence-electron chi connectivity index (χ3n) is 2.53. The Bertz CT molecular complexity index is 713. The summed E-state index contributed by atoms with van der Waals surface area (Å²) in [7, 11) is 1.56. The molecule has 0 aliphatic heterocycles. The molecule has 9 heteroatoms. The van der Waals surface area contributed by atoms with E-state index in [0.29, 0.717) is 22.3 Å². The predicted molar refractivity (Wildman–Crippen MR) is 82.4 cm³/mol. The zero-order valence-corrected chi connectivity index (χ0v) is 13.8. The van der Waals surface area contributed by atoms with E-state index in [-0.39, 0.29) is 18.0 Å². The number of aryl methyl sites for hydroxylation is 1. The fourth-order valence-electron chi connectivity index (χ4n) is 1.66. The van der Waals surface area contributed by atoms with Gasteiger partial charge in [0.25, 0.3) is 5.56 Å². The van der Waals surface area contributed by atoms with Crippen LogP contribution in [0.1, 0.15) is 10.6 Å². The average molecular weight is 373 g/mol. The fraction of sp³-hybridized carbons (Fsp3) is 0.333. The van der Waals surface area contributed by atoms with Crippen LogP contribution in [-0.2, 0) is 22.7 Å². The molecule has 0 saturated carbocycles. The summed E-state index contributed by atoms with van der Waals surface area (Å²) < 4.78 is 7.01. The first-order chi connectivity index (χ1) is 9.99. The van der Waals surface area contributed by atoms with E-state index in [1.165, 1.54) is 15.9 Å². The van der Waals surface area contributed by atoms with Crippen molar-refractivity contribution in [1.82, 2.24) is 14.8 Å². The molecule has 0 bridgehead atoms. The van der Waals surface area contributed by atoms with Crippen molar-refractivity contribution in [2.45, 2.75) is 20.1 Å². The third kappa shape index (κ3) is 4.19. The lowest BCUT2D eigenvalue weighted by Crippen LogP contribution is -2.28. The number of methoxy groups -OCH3 is 1. The number of carbonyl (C=O) groups excluding carboxylic acids is 1. The monoisotopic (exact) mass is 372 g/mol. The number of aromatic nitrogens is 3. The SMILES string of the molecule is COCc1nnc(NC(=O)Cn2cc(Br)cc(C)c2=O)s1. The molecule has 2 aromatic heterocycles. The van der Waals surface area contributed by atoms with Gasteiger partial charge in [-0.2, -0.15) is 0 Å². The van der Waals surface area contributed by atoms with Crippen LogP contribution in [0.15, 0.2) is 21.5 Å². The molecule has 0 unspecified atom stereocenters. The van der Waals surface area contributed by atoms with Gasteiger partial charge in [-0.3, -0.25) is 14.9 Å². The molecular weight excluding hydrogens is 360 g/mol. The fourth-order valence-corrected chi connectivity index (χ4v) is 2.98. The van der Waals surface area contributed by atoms with Crippen molar-refractivity contribution in [3.63, 3.8) is 0 Å². The molecule has 2 heterocycles. The van der Waals surface area contributed by atoms with Crippen molar-refractivity contribution in [2.75, 3.05) is 12.4 Å². The Balaban J connectivity index is 2.06. The van der Waals surface area contributed by atoms with Gasteiger partial charge in [0.2, 0.25) is 11.0 Å². The smallest absolute Gasteiger partial charge is 0.253 e. The highest BCUT2D eigenvalue weighted by molar-refractivity contribution is 9.10. The van der Waals surface area contributed by atoms with Gasteiger partial charge in [0.05, 0.1) is 0 Å². The normalized spacial score (nSPS) is 10.6. The summed E-state index contributed by atoms with van der Waals surface area (Å²) in [4.78, 5) is 23.9. The Hall–Kier alpha value is -1.58. The minimum absolute atomic E-state index is 0.0850. The van der Waals surface area contributed by atoms with Crippen LogP contribution in [0.25, 0.3) is 0 Å². The van der Waals surface area contributed by atoms with Crippen LogP contribution in [0.3, 0.4) is 0 Å². The Morgan fingerprint density at radius 3 is 3.00 bits per heavy atom. The van der Waals surface area contributed by atoms with Gasteiger partial charge in [-0.25, -0.2) is 0 Å². The van der Waals surface area contributed by atoms with Crippen molar-refractivity contribution >= 4 is 38.3 Å². The number of carbonyl (C=O) groups is 1. The second-order valence-corrected chi connectivity index (χ2v) is 6.23. The first kappa shape index (κ1) is 15.8. The summed E-state index contributed by atoms with van der Waals surface area (Å²) in [6.45, 7) is 1.96. The minimum Gasteiger partial charge on any atom is -0.377 e. The molecule has 0 aliphatic rings. The number of rotatable bonds is 5. The van der Waals surface area contributed by atoms with Gasteiger partial charge in [0.15, 0.2) is 0 Å². The molecule has 0 saturated heterocycles. The molecular formula is C12H13BrN4O3S. The number of hydrogen-bond donors (Lipinski definition) is 1. The standard InChI is InChI=1S/C12H13BrN4O3S/c1-7-3-8(13)4-17(11(7)19)5-9(18)14-12-16-15-10(21-12)6-20-2/h3-4H,5-6H2,1-2H3,(H,14,16,18). The van der Waals surface area contributed by atoms with Gasteiger partial charge in [0.1, 0.15) is 18.2 Å². The number of hydrogen-bond acceptors (Lipinski definition) is 6. The van der Waals surface area contributed by atoms with E-state index in [9.17, 15) is 9.59 Å². The van der Waals surface area contributed by atoms with E-state index < -0.39 is 0 Å². The highest BCUT2D eigenvalue weighted by Crippen LogP contribution is 2.15. The van der Waals surface area contributed by atoms with Gasteiger partial charge in [-0.05, 0) is 28.9 Å². The molecule has 0 radical (unpaired) electrons. The Morgan fingerprint density at radius 1 is 1.52 bits per heavy atom. The largest absolute Gasteiger partial charge is 0.377 e. The summed E-state index contributed by atoms with van der Waals surface area (Å²) in [5.74, 6) is -0.338. The van der Waals surface area contributed by atoms with E-state index in [2.05, 4.69) is 31.4 Å². The Labute approximate surface area is 133 Å². The minimum atomic E-state index is -0.338. The maximum absolute atomic E-state index is 11.9. The van der Waals surface area contributed by atoms with Crippen molar-refractivity contribution in [3.05, 3.63) is 37.7 Å². The van der Waals surface area contributed by atoms with Crippen LogP contribution in [0, 0.1) is 6.92 Å². The highest BCUT2D eigenvalue weighted by Gasteiger charge is 2.10. The number of amides is 1. The third-order valence-corrected chi connectivity index (χ3v) is 3.77. The van der Waals surface area contributed by atoms with Crippen molar-refractivity contribution in [2.24, 2.45) is 0 Å². The lowest BCUT2D eigenvalue weighted by atomic mass is 10.3. The van der Waals surface area contributed by atoms with E-state index in [4.69, 9.17) is 4.74 Å². The Kier molecular flexibility index (Phi) is 5.21. The van der Waals surface area contributed by atoms with E-state index >= 15 is 0 Å². The number of ether oxygens (including phenoxy) is 1. The van der Waals surface area contributed by atoms with E-state index in [0.717, 1.165) is 4.47 Å². The van der Waals surface area contributed by atoms with Crippen LogP contribution in [0.2, 0.25) is 0 Å². The predicted octanol–water partition coefficient (Wildman–Crippen LogP) is 1.56. The van der Waals surface area contributed by atoms with Gasteiger partial charge in [-0.1, -0.05) is 11.3 Å². The Morgan fingerprint density at radius 2 is 2.29 bits per heavy atom. The first-order valence-electron chi connectivity index (χ1n) is 5.97. The average Bonchev–Trinajstić information content (AvgIpc) is 2.83. The van der Waals surface area contributed by atoms with Crippen LogP contribution in [0.5, 0.6) is 0 Å². The second kappa shape index (κ2) is 6.92. The molecule has 7 nitrogen and oxygen atoms in total. The maximum Gasteiger partial charge on any atom is 0.253 e. The van der Waals surface area contributed by atoms with E-state index in [1.807, 2.05) is 0 Å². The number of anilines is 1. The summed E-state index contributed by atoms with van der Waals surface area (Å²) in [6, 6.07) is 1.71. The van der Waals surface area contributed by atoms with Crippen LogP contribution < -0.4 is 10.9 Å². The molecule has 2 rings (SSSR count). The van der Waals surface area contributed by atoms with Crippen LogP contribution >= 0.6 is 27.3 Å². The summed E-state index contributed by atoms with van der Waals surface area (Å²) in [5.41, 5.74) is 0.362. The summed E-state index contributed by atoms with van der Waals surface area (Å²) in [6.07, 6.45) is 1.57. The topological polar surface area (TPSA) is 86.1 Å². The number of nitrogens with zero attached hydrogens (tertiary/aromatic N) is 3. The van der Waals surface area contributed by atoms with Gasteiger partial charge >= 0.3 is 0 Å². The lowest BCUT2D eigenvalue weighted by molar-refractivity contribution is -0.116. The van der Waals surface area contributed by atoms with Gasteiger partial charge in [0, 0.05) is 23.3 Å². The van der Waals surface area contributed by atoms with Gasteiger partial charge in [-0.15, -0.1) is 10.2 Å². The number of halogens is 1. The van der Waals surface area contributed by atoms with E-state index in [1.54, 1.807) is 26.3 Å². The first-order valence-corrected chi connectivity index (χ1v) is 7.58. The number of nitrogens with one attached hydrogen (secondary N) is 1. The van der Waals surface area contributed by atoms with Crippen molar-refractivity contribution in [1.29, 1.82) is 0 Å². The second-order valence-electron chi connectivity index (χ2n) is 4.26. The lowest BCUT2D eigenvalue weighted by Gasteiger charge is -2.07. The zero-order valence-electron chi connectivity index (χ0n) is 11.4. The van der Waals surface area contributed by atoms with Crippen molar-refractivity contribution < 1.29 is 9.53 Å². The molecule has 2 aromatic rings. The summed E-state index contributed by atoms with van der Waals surface area (Å²) in [5, 5.41) is 11.4. The number of pyridine rings is 1. The maximum atomic E-state index is 11.9. The molecule has 0 aliphatic carbocycles. The quantitative estimate of drug-likeness (QED) is 0.860. The molecule has 21 heavy (non-hydrogen) atoms. The van der Waals surface area contributed by atoms with Crippen LogP contribution in [0.4, 0.5) is 5.13 Å². The molecule has 0 atom stereocenters. The van der Waals surface area contributed by atoms with Crippen LogP contribution in [-0.4, -0.2) is 27.8 Å². The van der Waals surface area contributed by atoms with Crippen molar-refractivity contribution in [3.8, 4) is 0 Å². The van der Waals surface area contributed by atoms with Gasteiger partial charge < -0.3 is 9.30 Å². The molecule has 0 aromatic carbocycles. The summed E-state index contributed by atoms with van der Waals surface area (Å²) >= 11 is 4.53. The molecule has 1 N–H and O–H groups in total. The zero-order chi connectivity index (χ0) is 15.4. The molecule has 0 spiro atoms. The molecule has 1 amide bonds. The highest BCUT2D eigenvalue weighted by atomic mass is 79.9.